The Labute approximate surface area is 125 Å². The van der Waals surface area contributed by atoms with Crippen molar-refractivity contribution >= 4 is 16.7 Å². The minimum atomic E-state index is -0.109. The number of benzene rings is 1. The number of ketones is 1. The topological polar surface area (TPSA) is 45.3 Å². The average molecular weight is 286 g/mol. The molecule has 4 heteroatoms. The van der Waals surface area contributed by atoms with Crippen LogP contribution in [0.1, 0.15) is 30.6 Å². The quantitative estimate of drug-likeness (QED) is 0.879. The molecule has 1 aromatic carbocycles. The van der Waals surface area contributed by atoms with E-state index in [9.17, 15) is 4.79 Å². The predicted molar refractivity (Wildman–Crippen MR) is 83.7 cm³/mol. The van der Waals surface area contributed by atoms with E-state index in [0.717, 1.165) is 36.0 Å². The van der Waals surface area contributed by atoms with Crippen molar-refractivity contribution in [1.82, 2.24) is 9.88 Å². The van der Waals surface area contributed by atoms with Crippen LogP contribution in [0.3, 0.4) is 0 Å². The largest absolute Gasteiger partial charge is 0.376 e. The molecule has 0 saturated carbocycles. The first-order valence-electron chi connectivity index (χ1n) is 7.66. The molecular formula is C17H22N2O2. The predicted octanol–water partition coefficient (Wildman–Crippen LogP) is 2.85. The Balaban J connectivity index is 1.81. The summed E-state index contributed by atoms with van der Waals surface area (Å²) in [5, 5.41) is 1.01. The molecule has 2 aromatic rings. The van der Waals surface area contributed by atoms with E-state index < -0.39 is 0 Å². The fourth-order valence-corrected chi connectivity index (χ4v) is 3.01. The summed E-state index contributed by atoms with van der Waals surface area (Å²) < 4.78 is 5.69. The smallest absolute Gasteiger partial charge is 0.181 e. The lowest BCUT2D eigenvalue weighted by molar-refractivity contribution is -0.0381. The molecule has 1 fully saturated rings. The van der Waals surface area contributed by atoms with E-state index in [0.29, 0.717) is 6.61 Å². The van der Waals surface area contributed by atoms with Crippen molar-refractivity contribution in [3.05, 3.63) is 36.0 Å². The number of ether oxygens (including phenoxy) is 1. The maximum atomic E-state index is 12.8. The molecule has 2 atom stereocenters. The van der Waals surface area contributed by atoms with Gasteiger partial charge in [-0.25, -0.2) is 0 Å². The van der Waals surface area contributed by atoms with E-state index in [1.165, 1.54) is 0 Å². The highest BCUT2D eigenvalue weighted by Crippen LogP contribution is 2.21. The van der Waals surface area contributed by atoms with Gasteiger partial charge >= 0.3 is 0 Å². The van der Waals surface area contributed by atoms with Crippen molar-refractivity contribution in [3.63, 3.8) is 0 Å². The molecule has 2 heterocycles. The number of hydrogen-bond acceptors (Lipinski definition) is 3. The number of para-hydroxylation sites is 1. The van der Waals surface area contributed by atoms with Gasteiger partial charge in [0.1, 0.15) is 0 Å². The first kappa shape index (κ1) is 14.3. The molecule has 1 aromatic heterocycles. The Morgan fingerprint density at radius 3 is 3.10 bits per heavy atom. The number of morpholine rings is 1. The number of Topliss-reactive ketones (excluding diaryl/α,β-unsaturated/α-hetero) is 1. The zero-order chi connectivity index (χ0) is 14.8. The molecule has 0 spiro atoms. The summed E-state index contributed by atoms with van der Waals surface area (Å²) in [7, 11) is 0. The molecular weight excluding hydrogens is 264 g/mol. The summed E-state index contributed by atoms with van der Waals surface area (Å²) in [6, 6.07) is 7.84. The van der Waals surface area contributed by atoms with Gasteiger partial charge in [-0.1, -0.05) is 25.1 Å². The molecule has 0 amide bonds. The maximum Gasteiger partial charge on any atom is 0.181 e. The van der Waals surface area contributed by atoms with Crippen molar-refractivity contribution in [2.45, 2.75) is 32.4 Å². The van der Waals surface area contributed by atoms with Crippen LogP contribution in [0, 0.1) is 0 Å². The number of nitrogens with one attached hydrogen (secondary N) is 1. The third-order valence-electron chi connectivity index (χ3n) is 4.41. The van der Waals surface area contributed by atoms with E-state index in [1.54, 1.807) is 0 Å². The van der Waals surface area contributed by atoms with Crippen LogP contribution in [0.25, 0.3) is 10.9 Å². The van der Waals surface area contributed by atoms with Crippen LogP contribution in [0.4, 0.5) is 0 Å². The minimum Gasteiger partial charge on any atom is -0.376 e. The zero-order valence-electron chi connectivity index (χ0n) is 12.6. The normalized spacial score (nSPS) is 21.5. The summed E-state index contributed by atoms with van der Waals surface area (Å²) in [6.45, 7) is 6.50. The van der Waals surface area contributed by atoms with Gasteiger partial charge in [-0.3, -0.25) is 9.69 Å². The van der Waals surface area contributed by atoms with Gasteiger partial charge < -0.3 is 9.72 Å². The van der Waals surface area contributed by atoms with Gasteiger partial charge in [-0.2, -0.15) is 0 Å². The third-order valence-corrected chi connectivity index (χ3v) is 4.41. The van der Waals surface area contributed by atoms with E-state index >= 15 is 0 Å². The molecule has 1 N–H and O–H groups in total. The fourth-order valence-electron chi connectivity index (χ4n) is 3.01. The Bertz CT molecular complexity index is 635. The maximum absolute atomic E-state index is 12.8. The second-order valence-electron chi connectivity index (χ2n) is 5.68. The number of hydrogen-bond donors (Lipinski definition) is 1. The van der Waals surface area contributed by atoms with Crippen molar-refractivity contribution in [2.24, 2.45) is 0 Å². The van der Waals surface area contributed by atoms with Gasteiger partial charge in [0.05, 0.1) is 18.8 Å². The van der Waals surface area contributed by atoms with Crippen LogP contribution in [-0.4, -0.2) is 47.5 Å². The minimum absolute atomic E-state index is 0.109. The van der Waals surface area contributed by atoms with E-state index in [4.69, 9.17) is 4.74 Å². The van der Waals surface area contributed by atoms with Crippen LogP contribution in [-0.2, 0) is 4.74 Å². The molecule has 21 heavy (non-hydrogen) atoms. The molecule has 0 unspecified atom stereocenters. The summed E-state index contributed by atoms with van der Waals surface area (Å²) in [4.78, 5) is 18.2. The Morgan fingerprint density at radius 2 is 2.29 bits per heavy atom. The SMILES string of the molecule is CC[C@@H]1CN([C@@H](C)C(=O)c2c[nH]c3ccccc23)CCO1. The second-order valence-corrected chi connectivity index (χ2v) is 5.68. The molecule has 112 valence electrons. The first-order chi connectivity index (χ1) is 10.2. The standard InChI is InChI=1S/C17H22N2O2/c1-3-13-11-19(8-9-21-13)12(2)17(20)15-10-18-16-7-5-4-6-14(15)16/h4-7,10,12-13,18H,3,8-9,11H2,1-2H3/t12-,13+/m0/s1. The molecule has 1 aliphatic heterocycles. The van der Waals surface area contributed by atoms with E-state index in [1.807, 2.05) is 37.4 Å². The molecule has 4 nitrogen and oxygen atoms in total. The van der Waals surface area contributed by atoms with Gasteiger partial charge in [0.25, 0.3) is 0 Å². The van der Waals surface area contributed by atoms with Crippen molar-refractivity contribution in [3.8, 4) is 0 Å². The molecule has 0 aliphatic carbocycles. The lowest BCUT2D eigenvalue weighted by atomic mass is 10.0. The van der Waals surface area contributed by atoms with Crippen molar-refractivity contribution in [1.29, 1.82) is 0 Å². The van der Waals surface area contributed by atoms with E-state index in [-0.39, 0.29) is 17.9 Å². The second kappa shape index (κ2) is 6.00. The lowest BCUT2D eigenvalue weighted by Gasteiger charge is -2.35. The summed E-state index contributed by atoms with van der Waals surface area (Å²) in [5.41, 5.74) is 1.80. The van der Waals surface area contributed by atoms with Crippen LogP contribution in [0.15, 0.2) is 30.5 Å². The summed E-state index contributed by atoms with van der Waals surface area (Å²) in [6.07, 6.45) is 3.07. The summed E-state index contributed by atoms with van der Waals surface area (Å²) >= 11 is 0. The number of carbonyl (C=O) groups excluding carboxylic acids is 1. The molecule has 1 aliphatic rings. The number of H-pyrrole nitrogens is 1. The van der Waals surface area contributed by atoms with Crippen LogP contribution < -0.4 is 0 Å². The molecule has 0 bridgehead atoms. The van der Waals surface area contributed by atoms with Gasteiger partial charge in [0, 0.05) is 35.8 Å². The lowest BCUT2D eigenvalue weighted by Crippen LogP contribution is -2.49. The number of fused-ring (bicyclic) bond motifs is 1. The molecule has 1 saturated heterocycles. The van der Waals surface area contributed by atoms with Crippen LogP contribution in [0.2, 0.25) is 0 Å². The Hall–Kier alpha value is -1.65. The van der Waals surface area contributed by atoms with Crippen LogP contribution >= 0.6 is 0 Å². The Morgan fingerprint density at radius 1 is 1.48 bits per heavy atom. The van der Waals surface area contributed by atoms with Gasteiger partial charge in [-0.05, 0) is 19.4 Å². The van der Waals surface area contributed by atoms with Gasteiger partial charge in [-0.15, -0.1) is 0 Å². The number of rotatable bonds is 4. The van der Waals surface area contributed by atoms with Crippen molar-refractivity contribution in [2.75, 3.05) is 19.7 Å². The average Bonchev–Trinajstić information content (AvgIpc) is 2.97. The van der Waals surface area contributed by atoms with E-state index in [2.05, 4.69) is 16.8 Å². The van der Waals surface area contributed by atoms with Crippen molar-refractivity contribution < 1.29 is 9.53 Å². The highest BCUT2D eigenvalue weighted by Gasteiger charge is 2.28. The first-order valence-corrected chi connectivity index (χ1v) is 7.66. The monoisotopic (exact) mass is 286 g/mol. The number of carbonyl (C=O) groups is 1. The molecule has 3 rings (SSSR count). The Kier molecular flexibility index (Phi) is 4.08. The number of aromatic amines is 1. The fraction of sp³-hybridized carbons (Fsp3) is 0.471. The molecule has 0 radical (unpaired) electrons. The van der Waals surface area contributed by atoms with Crippen LogP contribution in [0.5, 0.6) is 0 Å². The highest BCUT2D eigenvalue weighted by molar-refractivity contribution is 6.10. The number of nitrogens with zero attached hydrogens (tertiary/aromatic N) is 1. The zero-order valence-corrected chi connectivity index (χ0v) is 12.6. The summed E-state index contributed by atoms with van der Waals surface area (Å²) in [5.74, 6) is 0.184. The third kappa shape index (κ3) is 2.74. The van der Waals surface area contributed by atoms with Gasteiger partial charge in [0.2, 0.25) is 0 Å². The number of aromatic nitrogens is 1. The highest BCUT2D eigenvalue weighted by atomic mass is 16.5. The van der Waals surface area contributed by atoms with Gasteiger partial charge in [0.15, 0.2) is 5.78 Å².